The summed E-state index contributed by atoms with van der Waals surface area (Å²) >= 11 is 0. The fourth-order valence-electron chi connectivity index (χ4n) is 3.51. The van der Waals surface area contributed by atoms with E-state index < -0.39 is 17.8 Å². The Bertz CT molecular complexity index is 1270. The Morgan fingerprint density at radius 3 is 2.53 bits per heavy atom. The van der Waals surface area contributed by atoms with Crippen LogP contribution in [0, 0.1) is 6.92 Å². The highest BCUT2D eigenvalue weighted by molar-refractivity contribution is 5.94. The van der Waals surface area contributed by atoms with E-state index in [1.807, 2.05) is 30.3 Å². The molecule has 0 saturated carbocycles. The van der Waals surface area contributed by atoms with Crippen molar-refractivity contribution in [3.8, 4) is 17.1 Å². The van der Waals surface area contributed by atoms with Crippen LogP contribution in [0.5, 0.6) is 5.75 Å². The van der Waals surface area contributed by atoms with Crippen LogP contribution in [-0.2, 0) is 21.0 Å². The van der Waals surface area contributed by atoms with E-state index in [2.05, 4.69) is 10.6 Å². The van der Waals surface area contributed by atoms with Crippen LogP contribution in [0.1, 0.15) is 45.4 Å². The first-order valence-electron chi connectivity index (χ1n) is 11.9. The van der Waals surface area contributed by atoms with Crippen LogP contribution in [0.15, 0.2) is 59.0 Å². The molecule has 0 spiro atoms. The predicted octanol–water partition coefficient (Wildman–Crippen LogP) is 3.14. The summed E-state index contributed by atoms with van der Waals surface area (Å²) in [6.45, 7) is 3.84. The van der Waals surface area contributed by atoms with Gasteiger partial charge in [0.15, 0.2) is 5.76 Å². The van der Waals surface area contributed by atoms with Crippen molar-refractivity contribution in [1.29, 1.82) is 0 Å². The monoisotopic (exact) mass is 523 g/mol. The quantitative estimate of drug-likeness (QED) is 0.166. The SMILES string of the molecule is CCOc1cc(C(=O)O)c(C)c(-c2ccc(C(=O)NCNC(=O)CCN(C=O)OCc3ccccc3)o2)c1. The molecule has 3 amide bonds. The minimum absolute atomic E-state index is 0.0196. The Hall–Kier alpha value is -4.64. The third-order valence-corrected chi connectivity index (χ3v) is 5.47. The second kappa shape index (κ2) is 13.6. The van der Waals surface area contributed by atoms with E-state index in [1.54, 1.807) is 26.0 Å². The van der Waals surface area contributed by atoms with Crippen molar-refractivity contribution < 1.29 is 38.3 Å². The lowest BCUT2D eigenvalue weighted by molar-refractivity contribution is -0.178. The Kier molecular flexibility index (Phi) is 10.0. The van der Waals surface area contributed by atoms with E-state index in [0.29, 0.717) is 35.7 Å². The number of carbonyl (C=O) groups excluding carboxylic acids is 3. The number of aromatic carboxylic acids is 1. The summed E-state index contributed by atoms with van der Waals surface area (Å²) in [5, 5.41) is 15.6. The van der Waals surface area contributed by atoms with Gasteiger partial charge in [-0.3, -0.25) is 19.2 Å². The van der Waals surface area contributed by atoms with Gasteiger partial charge in [-0.1, -0.05) is 30.3 Å². The molecule has 1 aromatic heterocycles. The second-order valence-electron chi connectivity index (χ2n) is 8.08. The van der Waals surface area contributed by atoms with E-state index >= 15 is 0 Å². The number of hydrogen-bond acceptors (Lipinski definition) is 7. The Labute approximate surface area is 219 Å². The van der Waals surface area contributed by atoms with Crippen molar-refractivity contribution in [2.75, 3.05) is 19.8 Å². The van der Waals surface area contributed by atoms with Crippen LogP contribution in [0.2, 0.25) is 0 Å². The largest absolute Gasteiger partial charge is 0.494 e. The molecule has 200 valence electrons. The van der Waals surface area contributed by atoms with E-state index in [4.69, 9.17) is 14.0 Å². The van der Waals surface area contributed by atoms with Gasteiger partial charge in [0.25, 0.3) is 5.91 Å². The molecule has 0 atom stereocenters. The van der Waals surface area contributed by atoms with Crippen LogP contribution >= 0.6 is 0 Å². The van der Waals surface area contributed by atoms with Gasteiger partial charge in [-0.2, -0.15) is 0 Å². The molecule has 0 saturated heterocycles. The summed E-state index contributed by atoms with van der Waals surface area (Å²) in [5.74, 6) is -1.43. The van der Waals surface area contributed by atoms with Gasteiger partial charge in [-0.15, -0.1) is 0 Å². The zero-order chi connectivity index (χ0) is 27.5. The lowest BCUT2D eigenvalue weighted by Crippen LogP contribution is -2.38. The third kappa shape index (κ3) is 7.68. The van der Waals surface area contributed by atoms with Gasteiger partial charge in [0, 0.05) is 12.0 Å². The van der Waals surface area contributed by atoms with Gasteiger partial charge >= 0.3 is 5.97 Å². The van der Waals surface area contributed by atoms with Crippen molar-refractivity contribution in [1.82, 2.24) is 15.7 Å². The third-order valence-electron chi connectivity index (χ3n) is 5.47. The number of nitrogens with zero attached hydrogens (tertiary/aromatic N) is 1. The normalized spacial score (nSPS) is 10.5. The first kappa shape index (κ1) is 27.9. The van der Waals surface area contributed by atoms with Crippen LogP contribution in [0.25, 0.3) is 11.3 Å². The molecule has 11 heteroatoms. The van der Waals surface area contributed by atoms with Gasteiger partial charge in [-0.25, -0.2) is 9.86 Å². The number of benzene rings is 2. The number of carboxylic acid groups (broad SMARTS) is 1. The molecule has 0 aliphatic carbocycles. The van der Waals surface area contributed by atoms with Crippen molar-refractivity contribution in [2.24, 2.45) is 0 Å². The molecular formula is C27H29N3O8. The molecule has 0 aliphatic heterocycles. The number of amides is 3. The summed E-state index contributed by atoms with van der Waals surface area (Å²) in [5.41, 5.74) is 1.89. The number of rotatable bonds is 14. The molecule has 2 aromatic carbocycles. The molecule has 3 N–H and O–H groups in total. The summed E-state index contributed by atoms with van der Waals surface area (Å²) in [6.07, 6.45) is 0.466. The van der Waals surface area contributed by atoms with Crippen LogP contribution in [0.4, 0.5) is 0 Å². The number of furan rings is 1. The zero-order valence-electron chi connectivity index (χ0n) is 21.1. The molecule has 38 heavy (non-hydrogen) atoms. The number of carboxylic acids is 1. The molecule has 0 unspecified atom stereocenters. The number of carbonyl (C=O) groups is 4. The fraction of sp³-hybridized carbons (Fsp3) is 0.259. The smallest absolute Gasteiger partial charge is 0.336 e. The molecule has 0 bridgehead atoms. The summed E-state index contributed by atoms with van der Waals surface area (Å²) in [4.78, 5) is 52.8. The lowest BCUT2D eigenvalue weighted by atomic mass is 10.00. The minimum Gasteiger partial charge on any atom is -0.494 e. The van der Waals surface area contributed by atoms with Gasteiger partial charge in [0.2, 0.25) is 12.3 Å². The standard InChI is InChI=1S/C27H29N3O8/c1-3-36-20-13-21(18(2)22(14-20)27(34)35)23-9-10-24(38-23)26(33)29-16-28-25(32)11-12-30(17-31)37-15-19-7-5-4-6-8-19/h4-10,13-14,17H,3,11-12,15-16H2,1-2H3,(H,28,32)(H,29,33)(H,34,35). The molecular weight excluding hydrogens is 494 g/mol. The van der Waals surface area contributed by atoms with Gasteiger partial charge in [0.05, 0.1) is 25.4 Å². The fourth-order valence-corrected chi connectivity index (χ4v) is 3.51. The second-order valence-corrected chi connectivity index (χ2v) is 8.08. The Morgan fingerprint density at radius 2 is 1.84 bits per heavy atom. The van der Waals surface area contributed by atoms with Gasteiger partial charge in [-0.05, 0) is 49.2 Å². The number of hydroxylamine groups is 2. The number of nitrogens with one attached hydrogen (secondary N) is 2. The molecule has 3 aromatic rings. The van der Waals surface area contributed by atoms with E-state index in [9.17, 15) is 24.3 Å². The van der Waals surface area contributed by atoms with Crippen molar-refractivity contribution in [3.05, 3.63) is 77.0 Å². The maximum absolute atomic E-state index is 12.5. The Morgan fingerprint density at radius 1 is 1.08 bits per heavy atom. The van der Waals surface area contributed by atoms with Crippen molar-refractivity contribution in [2.45, 2.75) is 26.9 Å². The first-order chi connectivity index (χ1) is 18.3. The molecule has 11 nitrogen and oxygen atoms in total. The zero-order valence-corrected chi connectivity index (χ0v) is 21.1. The van der Waals surface area contributed by atoms with E-state index in [-0.39, 0.29) is 37.6 Å². The van der Waals surface area contributed by atoms with Crippen LogP contribution < -0.4 is 15.4 Å². The highest BCUT2D eigenvalue weighted by atomic mass is 16.7. The van der Waals surface area contributed by atoms with Crippen LogP contribution in [0.3, 0.4) is 0 Å². The molecule has 0 radical (unpaired) electrons. The number of ether oxygens (including phenoxy) is 1. The van der Waals surface area contributed by atoms with E-state index in [1.165, 1.54) is 12.1 Å². The summed E-state index contributed by atoms with van der Waals surface area (Å²) in [6, 6.07) is 15.4. The first-order valence-corrected chi connectivity index (χ1v) is 11.9. The maximum Gasteiger partial charge on any atom is 0.336 e. The maximum atomic E-state index is 12.5. The highest BCUT2D eigenvalue weighted by Crippen LogP contribution is 2.32. The predicted molar refractivity (Wildman–Crippen MR) is 136 cm³/mol. The molecule has 1 heterocycles. The van der Waals surface area contributed by atoms with Crippen LogP contribution in [-0.4, -0.2) is 54.2 Å². The average molecular weight is 524 g/mol. The number of hydrogen-bond donors (Lipinski definition) is 3. The van der Waals surface area contributed by atoms with E-state index in [0.717, 1.165) is 10.6 Å². The highest BCUT2D eigenvalue weighted by Gasteiger charge is 2.19. The average Bonchev–Trinajstić information content (AvgIpc) is 3.40. The molecule has 0 aliphatic rings. The molecule has 3 rings (SSSR count). The Balaban J connectivity index is 1.50. The lowest BCUT2D eigenvalue weighted by Gasteiger charge is -2.16. The molecule has 0 fully saturated rings. The van der Waals surface area contributed by atoms with Gasteiger partial charge in [0.1, 0.15) is 18.1 Å². The summed E-state index contributed by atoms with van der Waals surface area (Å²) in [7, 11) is 0. The topological polar surface area (TPSA) is 147 Å². The minimum atomic E-state index is -1.11. The van der Waals surface area contributed by atoms with Crippen molar-refractivity contribution in [3.63, 3.8) is 0 Å². The van der Waals surface area contributed by atoms with Gasteiger partial charge < -0.3 is 24.9 Å². The summed E-state index contributed by atoms with van der Waals surface area (Å²) < 4.78 is 11.1. The van der Waals surface area contributed by atoms with Crippen molar-refractivity contribution >= 4 is 24.2 Å².